The van der Waals surface area contributed by atoms with Crippen LogP contribution in [-0.4, -0.2) is 19.0 Å². The first-order chi connectivity index (χ1) is 8.70. The molecule has 1 N–H and O–H groups in total. The molecular formula is C14H19ClN2O. The number of nitrogens with one attached hydrogen (secondary N) is 1. The molecule has 0 radical (unpaired) electrons. The highest BCUT2D eigenvalue weighted by atomic mass is 35.5. The van der Waals surface area contributed by atoms with Crippen molar-refractivity contribution in [2.75, 3.05) is 23.3 Å². The van der Waals surface area contributed by atoms with Crippen molar-refractivity contribution in [3.05, 3.63) is 23.2 Å². The number of anilines is 2. The van der Waals surface area contributed by atoms with Crippen LogP contribution in [0.25, 0.3) is 0 Å². The number of halogens is 1. The molecule has 1 aliphatic heterocycles. The number of amides is 1. The molecule has 0 atom stereocenters. The maximum absolute atomic E-state index is 11.6. The molecule has 2 rings (SSSR count). The van der Waals surface area contributed by atoms with Gasteiger partial charge in [-0.05, 0) is 37.5 Å². The third-order valence-corrected chi connectivity index (χ3v) is 3.50. The van der Waals surface area contributed by atoms with Crippen LogP contribution >= 0.6 is 11.6 Å². The molecule has 1 amide bonds. The molecule has 0 saturated carbocycles. The number of rotatable bonds is 4. The molecule has 0 aromatic heterocycles. The zero-order valence-corrected chi connectivity index (χ0v) is 11.5. The lowest BCUT2D eigenvalue weighted by molar-refractivity contribution is -0.116. The Morgan fingerprint density at radius 1 is 1.39 bits per heavy atom. The van der Waals surface area contributed by atoms with Crippen LogP contribution in [0.4, 0.5) is 11.4 Å². The van der Waals surface area contributed by atoms with E-state index in [2.05, 4.69) is 10.2 Å². The van der Waals surface area contributed by atoms with Crippen LogP contribution in [0.1, 0.15) is 32.6 Å². The fourth-order valence-electron chi connectivity index (χ4n) is 2.22. The zero-order chi connectivity index (χ0) is 13.0. The molecule has 18 heavy (non-hydrogen) atoms. The molecular weight excluding hydrogens is 248 g/mol. The van der Waals surface area contributed by atoms with Crippen LogP contribution in [0.15, 0.2) is 18.2 Å². The Labute approximate surface area is 113 Å². The van der Waals surface area contributed by atoms with Crippen LogP contribution < -0.4 is 10.2 Å². The minimum absolute atomic E-state index is 0.0259. The summed E-state index contributed by atoms with van der Waals surface area (Å²) in [6.45, 7) is 4.16. The fourth-order valence-corrected chi connectivity index (χ4v) is 2.39. The molecule has 0 spiro atoms. The van der Waals surface area contributed by atoms with Gasteiger partial charge in [-0.15, -0.1) is 0 Å². The van der Waals surface area contributed by atoms with Crippen molar-refractivity contribution >= 4 is 28.9 Å². The van der Waals surface area contributed by atoms with Crippen molar-refractivity contribution in [3.63, 3.8) is 0 Å². The summed E-state index contributed by atoms with van der Waals surface area (Å²) in [6.07, 6.45) is 3.85. The molecule has 1 saturated heterocycles. The zero-order valence-electron chi connectivity index (χ0n) is 10.7. The van der Waals surface area contributed by atoms with E-state index in [0.717, 1.165) is 30.9 Å². The Bertz CT molecular complexity index is 428. The molecule has 3 nitrogen and oxygen atoms in total. The van der Waals surface area contributed by atoms with E-state index in [0.29, 0.717) is 11.4 Å². The van der Waals surface area contributed by atoms with Gasteiger partial charge in [-0.2, -0.15) is 0 Å². The largest absolute Gasteiger partial charge is 0.371 e. The molecule has 1 aromatic carbocycles. The van der Waals surface area contributed by atoms with Crippen molar-refractivity contribution in [2.45, 2.75) is 32.6 Å². The molecule has 1 aromatic rings. The molecule has 0 aliphatic carbocycles. The van der Waals surface area contributed by atoms with E-state index in [9.17, 15) is 4.79 Å². The minimum atomic E-state index is 0.0259. The number of hydrogen-bond donors (Lipinski definition) is 1. The second-order valence-electron chi connectivity index (χ2n) is 4.66. The van der Waals surface area contributed by atoms with Crippen molar-refractivity contribution in [1.29, 1.82) is 0 Å². The maximum Gasteiger partial charge on any atom is 0.224 e. The van der Waals surface area contributed by atoms with E-state index >= 15 is 0 Å². The summed E-state index contributed by atoms with van der Waals surface area (Å²) in [5.74, 6) is 0.0259. The Morgan fingerprint density at radius 3 is 2.78 bits per heavy atom. The number of carbonyl (C=O) groups excluding carboxylic acids is 1. The molecule has 98 valence electrons. The highest BCUT2D eigenvalue weighted by Gasteiger charge is 2.14. The molecule has 0 unspecified atom stereocenters. The normalized spacial score (nSPS) is 14.9. The first-order valence-corrected chi connectivity index (χ1v) is 6.93. The van der Waals surface area contributed by atoms with E-state index in [4.69, 9.17) is 11.6 Å². The second-order valence-corrected chi connectivity index (χ2v) is 5.06. The molecule has 0 bridgehead atoms. The minimum Gasteiger partial charge on any atom is -0.371 e. The SMILES string of the molecule is CCCC(=O)Nc1cc(N2CCCC2)ccc1Cl. The predicted octanol–water partition coefficient (Wildman–Crippen LogP) is 3.68. The summed E-state index contributed by atoms with van der Waals surface area (Å²) in [7, 11) is 0. The van der Waals surface area contributed by atoms with Gasteiger partial charge in [0.25, 0.3) is 0 Å². The van der Waals surface area contributed by atoms with E-state index in [1.54, 1.807) is 0 Å². The highest BCUT2D eigenvalue weighted by Crippen LogP contribution is 2.29. The van der Waals surface area contributed by atoms with Crippen molar-refractivity contribution in [2.24, 2.45) is 0 Å². The Balaban J connectivity index is 2.13. The van der Waals surface area contributed by atoms with Crippen molar-refractivity contribution in [1.82, 2.24) is 0 Å². The molecule has 1 aliphatic rings. The first kappa shape index (κ1) is 13.2. The third-order valence-electron chi connectivity index (χ3n) is 3.17. The van der Waals surface area contributed by atoms with E-state index in [1.165, 1.54) is 12.8 Å². The Kier molecular flexibility index (Phi) is 4.48. The van der Waals surface area contributed by atoms with Crippen LogP contribution in [0.2, 0.25) is 5.02 Å². The van der Waals surface area contributed by atoms with E-state index in [1.807, 2.05) is 25.1 Å². The Hall–Kier alpha value is -1.22. The van der Waals surface area contributed by atoms with Crippen LogP contribution in [0, 0.1) is 0 Å². The van der Waals surface area contributed by atoms with Crippen LogP contribution in [-0.2, 0) is 4.79 Å². The molecule has 1 heterocycles. The van der Waals surface area contributed by atoms with Crippen molar-refractivity contribution < 1.29 is 4.79 Å². The average molecular weight is 267 g/mol. The maximum atomic E-state index is 11.6. The lowest BCUT2D eigenvalue weighted by Gasteiger charge is -2.19. The highest BCUT2D eigenvalue weighted by molar-refractivity contribution is 6.33. The smallest absolute Gasteiger partial charge is 0.224 e. The van der Waals surface area contributed by atoms with Gasteiger partial charge in [0.05, 0.1) is 10.7 Å². The molecule has 1 fully saturated rings. The monoisotopic (exact) mass is 266 g/mol. The van der Waals surface area contributed by atoms with Crippen molar-refractivity contribution in [3.8, 4) is 0 Å². The lowest BCUT2D eigenvalue weighted by Crippen LogP contribution is -2.18. The van der Waals surface area contributed by atoms with E-state index < -0.39 is 0 Å². The van der Waals surface area contributed by atoms with E-state index in [-0.39, 0.29) is 5.91 Å². The van der Waals surface area contributed by atoms with Gasteiger partial charge in [0.1, 0.15) is 0 Å². The van der Waals surface area contributed by atoms with Gasteiger partial charge in [0.2, 0.25) is 5.91 Å². The summed E-state index contributed by atoms with van der Waals surface area (Å²) in [4.78, 5) is 13.9. The average Bonchev–Trinajstić information content (AvgIpc) is 2.86. The first-order valence-electron chi connectivity index (χ1n) is 6.55. The van der Waals surface area contributed by atoms with Crippen LogP contribution in [0.3, 0.4) is 0 Å². The summed E-state index contributed by atoms with van der Waals surface area (Å²) in [5.41, 5.74) is 1.86. The number of nitrogens with zero attached hydrogens (tertiary/aromatic N) is 1. The third kappa shape index (κ3) is 3.16. The quantitative estimate of drug-likeness (QED) is 0.902. The van der Waals surface area contributed by atoms with Gasteiger partial charge in [0.15, 0.2) is 0 Å². The standard InChI is InChI=1S/C14H19ClN2O/c1-2-5-14(18)16-13-10-11(6-7-12(13)15)17-8-3-4-9-17/h6-7,10H,2-5,8-9H2,1H3,(H,16,18). The summed E-state index contributed by atoms with van der Waals surface area (Å²) < 4.78 is 0. The fraction of sp³-hybridized carbons (Fsp3) is 0.500. The van der Waals surface area contributed by atoms with Gasteiger partial charge in [-0.25, -0.2) is 0 Å². The van der Waals surface area contributed by atoms with Gasteiger partial charge in [0, 0.05) is 25.2 Å². The number of hydrogen-bond acceptors (Lipinski definition) is 2. The predicted molar refractivity (Wildman–Crippen MR) is 76.4 cm³/mol. The Morgan fingerprint density at radius 2 is 2.11 bits per heavy atom. The summed E-state index contributed by atoms with van der Waals surface area (Å²) >= 11 is 6.11. The topological polar surface area (TPSA) is 32.3 Å². The number of carbonyl (C=O) groups is 1. The van der Waals surface area contributed by atoms with Gasteiger partial charge < -0.3 is 10.2 Å². The van der Waals surface area contributed by atoms with Gasteiger partial charge in [-0.3, -0.25) is 4.79 Å². The lowest BCUT2D eigenvalue weighted by atomic mass is 10.2. The molecule has 4 heteroatoms. The van der Waals surface area contributed by atoms with Crippen LogP contribution in [0.5, 0.6) is 0 Å². The van der Waals surface area contributed by atoms with Gasteiger partial charge >= 0.3 is 0 Å². The summed E-state index contributed by atoms with van der Waals surface area (Å²) in [6, 6.07) is 5.85. The summed E-state index contributed by atoms with van der Waals surface area (Å²) in [5, 5.41) is 3.48. The van der Waals surface area contributed by atoms with Gasteiger partial charge in [-0.1, -0.05) is 18.5 Å². The second kappa shape index (κ2) is 6.10. The number of benzene rings is 1.